The number of amides is 1. The Bertz CT molecular complexity index is 345. The Kier molecular flexibility index (Phi) is 4.11. The maximum absolute atomic E-state index is 11.9. The first-order valence-corrected chi connectivity index (χ1v) is 5.98. The van der Waals surface area contributed by atoms with E-state index in [0.717, 1.165) is 32.0 Å². The molecule has 1 fully saturated rings. The highest BCUT2D eigenvalue weighted by Gasteiger charge is 2.22. The molecule has 1 aliphatic rings. The monoisotopic (exact) mass is 237 g/mol. The minimum Gasteiger partial charge on any atom is -0.348 e. The van der Waals surface area contributed by atoms with Crippen molar-refractivity contribution in [1.82, 2.24) is 25.5 Å². The lowest BCUT2D eigenvalue weighted by molar-refractivity contribution is -0.126. The van der Waals surface area contributed by atoms with E-state index in [4.69, 9.17) is 0 Å². The molecule has 1 amide bonds. The van der Waals surface area contributed by atoms with Crippen molar-refractivity contribution in [2.75, 3.05) is 26.2 Å². The molecule has 0 bridgehead atoms. The third-order valence-electron chi connectivity index (χ3n) is 3.06. The van der Waals surface area contributed by atoms with E-state index >= 15 is 0 Å². The fourth-order valence-corrected chi connectivity index (χ4v) is 1.95. The van der Waals surface area contributed by atoms with Gasteiger partial charge >= 0.3 is 0 Å². The number of hydrogen-bond acceptors (Lipinski definition) is 4. The zero-order chi connectivity index (χ0) is 12.1. The second-order valence-electron chi connectivity index (χ2n) is 4.22. The Hall–Kier alpha value is -1.40. The number of aromatic amines is 1. The fraction of sp³-hybridized carbons (Fsp3) is 0.636. The smallest absolute Gasteiger partial charge is 0.237 e. The molecule has 17 heavy (non-hydrogen) atoms. The van der Waals surface area contributed by atoms with Crippen molar-refractivity contribution >= 4 is 5.91 Å². The van der Waals surface area contributed by atoms with Crippen LogP contribution in [0.25, 0.3) is 0 Å². The lowest BCUT2D eigenvalue weighted by atomic mass is 10.2. The summed E-state index contributed by atoms with van der Waals surface area (Å²) in [5, 5.41) is 6.16. The van der Waals surface area contributed by atoms with E-state index in [2.05, 4.69) is 25.5 Å². The van der Waals surface area contributed by atoms with E-state index in [1.165, 1.54) is 0 Å². The Morgan fingerprint density at radius 3 is 3.00 bits per heavy atom. The van der Waals surface area contributed by atoms with Gasteiger partial charge in [0.25, 0.3) is 0 Å². The number of hydrogen-bond donors (Lipinski definition) is 3. The molecule has 0 saturated carbocycles. The first kappa shape index (κ1) is 12.1. The van der Waals surface area contributed by atoms with Crippen LogP contribution in [-0.2, 0) is 11.3 Å². The molecule has 1 atom stereocenters. The number of aromatic nitrogens is 2. The highest BCUT2D eigenvalue weighted by molar-refractivity contribution is 5.81. The summed E-state index contributed by atoms with van der Waals surface area (Å²) in [4.78, 5) is 21.1. The number of rotatable bonds is 4. The van der Waals surface area contributed by atoms with Gasteiger partial charge in [-0.15, -0.1) is 0 Å². The van der Waals surface area contributed by atoms with Gasteiger partial charge in [0.15, 0.2) is 0 Å². The predicted octanol–water partition coefficient (Wildman–Crippen LogP) is -0.680. The molecule has 94 valence electrons. The van der Waals surface area contributed by atoms with Crippen molar-refractivity contribution < 1.29 is 4.79 Å². The standard InChI is InChI=1S/C11H19N5O/c1-9(16-6-4-12-5-7-16)11(17)15-8-10-13-2-3-14-10/h2-3,9,12H,4-8H2,1H3,(H,13,14)(H,15,17). The summed E-state index contributed by atoms with van der Waals surface area (Å²) in [6, 6.07) is -0.0768. The largest absolute Gasteiger partial charge is 0.348 e. The molecule has 1 aliphatic heterocycles. The van der Waals surface area contributed by atoms with Gasteiger partial charge in [0, 0.05) is 38.6 Å². The average Bonchev–Trinajstić information content (AvgIpc) is 2.89. The van der Waals surface area contributed by atoms with E-state index < -0.39 is 0 Å². The maximum Gasteiger partial charge on any atom is 0.237 e. The maximum atomic E-state index is 11.9. The molecule has 3 N–H and O–H groups in total. The van der Waals surface area contributed by atoms with Crippen LogP contribution < -0.4 is 10.6 Å². The fourth-order valence-electron chi connectivity index (χ4n) is 1.95. The average molecular weight is 237 g/mol. The molecule has 0 aromatic carbocycles. The van der Waals surface area contributed by atoms with Crippen LogP contribution in [0.5, 0.6) is 0 Å². The van der Waals surface area contributed by atoms with Gasteiger partial charge in [0.1, 0.15) is 5.82 Å². The number of H-pyrrole nitrogens is 1. The van der Waals surface area contributed by atoms with Crippen molar-refractivity contribution in [3.05, 3.63) is 18.2 Å². The number of imidazole rings is 1. The third-order valence-corrected chi connectivity index (χ3v) is 3.06. The van der Waals surface area contributed by atoms with Gasteiger partial charge in [-0.25, -0.2) is 4.98 Å². The zero-order valence-electron chi connectivity index (χ0n) is 10.1. The van der Waals surface area contributed by atoms with Crippen molar-refractivity contribution in [1.29, 1.82) is 0 Å². The van der Waals surface area contributed by atoms with Gasteiger partial charge in [-0.3, -0.25) is 9.69 Å². The van der Waals surface area contributed by atoms with Gasteiger partial charge in [0.2, 0.25) is 5.91 Å². The third kappa shape index (κ3) is 3.28. The minimum atomic E-state index is -0.0768. The van der Waals surface area contributed by atoms with E-state index in [-0.39, 0.29) is 11.9 Å². The van der Waals surface area contributed by atoms with Crippen LogP contribution in [0, 0.1) is 0 Å². The van der Waals surface area contributed by atoms with Gasteiger partial charge < -0.3 is 15.6 Å². The second kappa shape index (κ2) is 5.79. The van der Waals surface area contributed by atoms with E-state index in [1.54, 1.807) is 12.4 Å². The summed E-state index contributed by atoms with van der Waals surface area (Å²) in [5.41, 5.74) is 0. The Labute approximate surface area is 101 Å². The first-order chi connectivity index (χ1) is 8.27. The van der Waals surface area contributed by atoms with Crippen LogP contribution in [0.4, 0.5) is 0 Å². The molecule has 6 nitrogen and oxygen atoms in total. The van der Waals surface area contributed by atoms with Crippen molar-refractivity contribution in [3.8, 4) is 0 Å². The van der Waals surface area contributed by atoms with Crippen molar-refractivity contribution in [2.45, 2.75) is 19.5 Å². The Balaban J connectivity index is 1.78. The first-order valence-electron chi connectivity index (χ1n) is 5.98. The summed E-state index contributed by atoms with van der Waals surface area (Å²) < 4.78 is 0. The van der Waals surface area contributed by atoms with Gasteiger partial charge in [-0.1, -0.05) is 0 Å². The molecule has 0 radical (unpaired) electrons. The quantitative estimate of drug-likeness (QED) is 0.649. The van der Waals surface area contributed by atoms with Crippen LogP contribution in [0.2, 0.25) is 0 Å². The number of carbonyl (C=O) groups is 1. The number of carbonyl (C=O) groups excluding carboxylic acids is 1. The molecular formula is C11H19N5O. The van der Waals surface area contributed by atoms with Crippen LogP contribution in [0.3, 0.4) is 0 Å². The molecule has 1 saturated heterocycles. The molecule has 1 unspecified atom stereocenters. The number of nitrogens with one attached hydrogen (secondary N) is 3. The zero-order valence-corrected chi connectivity index (χ0v) is 10.1. The number of nitrogens with zero attached hydrogens (tertiary/aromatic N) is 2. The molecule has 2 heterocycles. The predicted molar refractivity (Wildman–Crippen MR) is 64.3 cm³/mol. The van der Waals surface area contributed by atoms with Crippen LogP contribution >= 0.6 is 0 Å². The van der Waals surface area contributed by atoms with Crippen LogP contribution in [0.15, 0.2) is 12.4 Å². The molecule has 1 aromatic rings. The lowest BCUT2D eigenvalue weighted by Gasteiger charge is -2.31. The summed E-state index contributed by atoms with van der Waals surface area (Å²) in [7, 11) is 0. The van der Waals surface area contributed by atoms with E-state index in [0.29, 0.717) is 6.54 Å². The second-order valence-corrected chi connectivity index (χ2v) is 4.22. The summed E-state index contributed by atoms with van der Waals surface area (Å²) >= 11 is 0. The van der Waals surface area contributed by atoms with Gasteiger partial charge in [0.05, 0.1) is 12.6 Å². The van der Waals surface area contributed by atoms with Gasteiger partial charge in [-0.05, 0) is 6.92 Å². The molecule has 2 rings (SSSR count). The number of piperazine rings is 1. The summed E-state index contributed by atoms with van der Waals surface area (Å²) in [6.45, 7) is 6.17. The highest BCUT2D eigenvalue weighted by atomic mass is 16.2. The van der Waals surface area contributed by atoms with Gasteiger partial charge in [-0.2, -0.15) is 0 Å². The highest BCUT2D eigenvalue weighted by Crippen LogP contribution is 2.01. The van der Waals surface area contributed by atoms with E-state index in [1.807, 2.05) is 6.92 Å². The SMILES string of the molecule is CC(C(=O)NCc1ncc[nH]1)N1CCNCC1. The summed E-state index contributed by atoms with van der Waals surface area (Å²) in [5.74, 6) is 0.842. The molecule has 6 heteroatoms. The normalized spacial score (nSPS) is 18.9. The molecule has 1 aromatic heterocycles. The van der Waals surface area contributed by atoms with E-state index in [9.17, 15) is 4.79 Å². The summed E-state index contributed by atoms with van der Waals surface area (Å²) in [6.07, 6.45) is 3.43. The van der Waals surface area contributed by atoms with Crippen LogP contribution in [0.1, 0.15) is 12.7 Å². The molecule has 0 spiro atoms. The van der Waals surface area contributed by atoms with Crippen molar-refractivity contribution in [2.24, 2.45) is 0 Å². The van der Waals surface area contributed by atoms with Crippen molar-refractivity contribution in [3.63, 3.8) is 0 Å². The lowest BCUT2D eigenvalue weighted by Crippen LogP contribution is -2.52. The molecule has 0 aliphatic carbocycles. The topological polar surface area (TPSA) is 73.0 Å². The Morgan fingerprint density at radius 1 is 1.59 bits per heavy atom. The minimum absolute atomic E-state index is 0.0586. The van der Waals surface area contributed by atoms with Crippen LogP contribution in [-0.4, -0.2) is 53.0 Å². The molecular weight excluding hydrogens is 218 g/mol. The Morgan fingerprint density at radius 2 is 2.35 bits per heavy atom.